The van der Waals surface area contributed by atoms with E-state index in [1.807, 2.05) is 0 Å². The van der Waals surface area contributed by atoms with Gasteiger partial charge in [0.1, 0.15) is 5.54 Å². The van der Waals surface area contributed by atoms with Crippen LogP contribution in [0.1, 0.15) is 18.4 Å². The number of hydrogen-bond acceptors (Lipinski definition) is 2. The second-order valence-corrected chi connectivity index (χ2v) is 4.28. The van der Waals surface area contributed by atoms with Crippen molar-refractivity contribution < 1.29 is 13.2 Å². The molecule has 2 rings (SSSR count). The molecule has 1 aromatic rings. The lowest BCUT2D eigenvalue weighted by Crippen LogP contribution is -2.38. The molecule has 0 aliphatic heterocycles. The van der Waals surface area contributed by atoms with E-state index in [0.29, 0.717) is 11.4 Å². The van der Waals surface area contributed by atoms with Crippen LogP contribution < -0.4 is 11.1 Å². The van der Waals surface area contributed by atoms with Crippen molar-refractivity contribution in [1.82, 2.24) is 0 Å². The van der Waals surface area contributed by atoms with Gasteiger partial charge < -0.3 is 11.1 Å². The van der Waals surface area contributed by atoms with Gasteiger partial charge in [0.05, 0.1) is 0 Å². The van der Waals surface area contributed by atoms with Crippen LogP contribution in [0.3, 0.4) is 0 Å². The molecular formula is C11H13F3N2. The summed E-state index contributed by atoms with van der Waals surface area (Å²) < 4.78 is 38.0. The average molecular weight is 230 g/mol. The summed E-state index contributed by atoms with van der Waals surface area (Å²) in [5.74, 6) is 0. The molecule has 0 unspecified atom stereocenters. The number of benzene rings is 1. The van der Waals surface area contributed by atoms with Gasteiger partial charge in [0.2, 0.25) is 0 Å². The minimum atomic E-state index is -4.19. The van der Waals surface area contributed by atoms with Gasteiger partial charge in [-0.1, -0.05) is 0 Å². The van der Waals surface area contributed by atoms with E-state index in [9.17, 15) is 13.2 Å². The van der Waals surface area contributed by atoms with Gasteiger partial charge in [-0.3, -0.25) is 0 Å². The second-order valence-electron chi connectivity index (χ2n) is 4.28. The minimum Gasteiger partial charge on any atom is -0.399 e. The number of nitrogens with one attached hydrogen (secondary N) is 1. The number of rotatable bonds is 2. The summed E-state index contributed by atoms with van der Waals surface area (Å²) in [4.78, 5) is 0. The standard InChI is InChI=1S/C11H13F3N2/c1-7-6-8(2-3-9(7)15)16-10(4-5-10)11(12,13)14/h2-3,6,16H,4-5,15H2,1H3. The van der Waals surface area contributed by atoms with E-state index >= 15 is 0 Å². The first-order chi connectivity index (χ1) is 7.34. The van der Waals surface area contributed by atoms with E-state index in [4.69, 9.17) is 5.73 Å². The quantitative estimate of drug-likeness (QED) is 0.766. The fourth-order valence-corrected chi connectivity index (χ4v) is 1.63. The van der Waals surface area contributed by atoms with Crippen LogP contribution in [0.25, 0.3) is 0 Å². The lowest BCUT2D eigenvalue weighted by molar-refractivity contribution is -0.151. The maximum absolute atomic E-state index is 12.7. The van der Waals surface area contributed by atoms with Crippen molar-refractivity contribution in [3.05, 3.63) is 23.8 Å². The normalized spacial score (nSPS) is 18.2. The van der Waals surface area contributed by atoms with Gasteiger partial charge in [0.25, 0.3) is 0 Å². The molecule has 3 N–H and O–H groups in total. The molecule has 16 heavy (non-hydrogen) atoms. The smallest absolute Gasteiger partial charge is 0.399 e. The Bertz CT molecular complexity index is 408. The Morgan fingerprint density at radius 2 is 1.94 bits per heavy atom. The molecule has 0 amide bonds. The van der Waals surface area contributed by atoms with Crippen LogP contribution in [0.4, 0.5) is 24.5 Å². The zero-order valence-electron chi connectivity index (χ0n) is 8.86. The molecule has 88 valence electrons. The van der Waals surface area contributed by atoms with Crippen molar-refractivity contribution in [1.29, 1.82) is 0 Å². The Morgan fingerprint density at radius 1 is 1.31 bits per heavy atom. The minimum absolute atomic E-state index is 0.139. The third-order valence-corrected chi connectivity index (χ3v) is 2.95. The van der Waals surface area contributed by atoms with Crippen molar-refractivity contribution in [3.8, 4) is 0 Å². The van der Waals surface area contributed by atoms with Gasteiger partial charge in [0.15, 0.2) is 0 Å². The Morgan fingerprint density at radius 3 is 2.38 bits per heavy atom. The predicted octanol–water partition coefficient (Wildman–Crippen LogP) is 3.08. The first-order valence-electron chi connectivity index (χ1n) is 5.05. The predicted molar refractivity (Wildman–Crippen MR) is 57.2 cm³/mol. The summed E-state index contributed by atoms with van der Waals surface area (Å²) in [7, 11) is 0. The first kappa shape index (κ1) is 11.1. The van der Waals surface area contributed by atoms with Crippen molar-refractivity contribution in [2.24, 2.45) is 0 Å². The summed E-state index contributed by atoms with van der Waals surface area (Å²) >= 11 is 0. The number of anilines is 2. The number of halogens is 3. The number of nitrogen functional groups attached to an aromatic ring is 1. The number of nitrogens with two attached hydrogens (primary N) is 1. The topological polar surface area (TPSA) is 38.0 Å². The lowest BCUT2D eigenvalue weighted by Gasteiger charge is -2.22. The van der Waals surface area contributed by atoms with Crippen molar-refractivity contribution >= 4 is 11.4 Å². The second kappa shape index (κ2) is 3.30. The summed E-state index contributed by atoms with van der Waals surface area (Å²) in [6, 6.07) is 4.83. The Labute approximate surface area is 91.6 Å². The third-order valence-electron chi connectivity index (χ3n) is 2.95. The highest BCUT2D eigenvalue weighted by atomic mass is 19.4. The number of alkyl halides is 3. The van der Waals surface area contributed by atoms with Crippen LogP contribution in [0.15, 0.2) is 18.2 Å². The highest BCUT2D eigenvalue weighted by Gasteiger charge is 2.63. The van der Waals surface area contributed by atoms with Crippen molar-refractivity contribution in [3.63, 3.8) is 0 Å². The molecule has 0 saturated heterocycles. The molecule has 0 bridgehead atoms. The molecule has 1 aliphatic carbocycles. The maximum Gasteiger partial charge on any atom is 0.411 e. The average Bonchev–Trinajstić information content (AvgIpc) is 2.91. The van der Waals surface area contributed by atoms with E-state index in [1.54, 1.807) is 25.1 Å². The van der Waals surface area contributed by atoms with Crippen LogP contribution in [0.5, 0.6) is 0 Å². The number of hydrogen-bond donors (Lipinski definition) is 2. The zero-order chi connectivity index (χ0) is 12.0. The van der Waals surface area contributed by atoms with Gasteiger partial charge in [-0.2, -0.15) is 13.2 Å². The van der Waals surface area contributed by atoms with E-state index in [1.165, 1.54) is 0 Å². The Balaban J connectivity index is 2.19. The first-order valence-corrected chi connectivity index (χ1v) is 5.05. The molecule has 1 saturated carbocycles. The van der Waals surface area contributed by atoms with Crippen LogP contribution in [-0.4, -0.2) is 11.7 Å². The van der Waals surface area contributed by atoms with Crippen LogP contribution in [-0.2, 0) is 0 Å². The summed E-state index contributed by atoms with van der Waals surface area (Å²) in [6.07, 6.45) is -3.91. The van der Waals surface area contributed by atoms with Gasteiger partial charge in [-0.25, -0.2) is 0 Å². The lowest BCUT2D eigenvalue weighted by atomic mass is 10.1. The maximum atomic E-state index is 12.7. The van der Waals surface area contributed by atoms with Crippen LogP contribution in [0.2, 0.25) is 0 Å². The molecule has 0 spiro atoms. The Kier molecular flexibility index (Phi) is 2.29. The molecule has 2 nitrogen and oxygen atoms in total. The van der Waals surface area contributed by atoms with E-state index < -0.39 is 11.7 Å². The van der Waals surface area contributed by atoms with Gasteiger partial charge in [0, 0.05) is 11.4 Å². The highest BCUT2D eigenvalue weighted by Crippen LogP contribution is 2.51. The highest BCUT2D eigenvalue weighted by molar-refractivity contribution is 5.58. The van der Waals surface area contributed by atoms with E-state index in [2.05, 4.69) is 5.32 Å². The van der Waals surface area contributed by atoms with Crippen molar-refractivity contribution in [2.75, 3.05) is 11.1 Å². The van der Waals surface area contributed by atoms with Crippen LogP contribution >= 0.6 is 0 Å². The summed E-state index contributed by atoms with van der Waals surface area (Å²) in [6.45, 7) is 1.77. The molecule has 0 atom stereocenters. The van der Waals surface area contributed by atoms with Gasteiger partial charge >= 0.3 is 6.18 Å². The van der Waals surface area contributed by atoms with E-state index in [0.717, 1.165) is 5.56 Å². The Hall–Kier alpha value is -1.39. The molecule has 0 heterocycles. The molecule has 0 aromatic heterocycles. The van der Waals surface area contributed by atoms with E-state index in [-0.39, 0.29) is 12.8 Å². The molecule has 1 aromatic carbocycles. The molecule has 1 aliphatic rings. The van der Waals surface area contributed by atoms with Gasteiger partial charge in [-0.05, 0) is 43.5 Å². The molecule has 5 heteroatoms. The zero-order valence-corrected chi connectivity index (χ0v) is 8.86. The fraction of sp³-hybridized carbons (Fsp3) is 0.455. The summed E-state index contributed by atoms with van der Waals surface area (Å²) in [5.41, 5.74) is 5.73. The monoisotopic (exact) mass is 230 g/mol. The SMILES string of the molecule is Cc1cc(NC2(C(F)(F)F)CC2)ccc1N. The molecule has 1 fully saturated rings. The summed E-state index contributed by atoms with van der Waals surface area (Å²) in [5, 5.41) is 2.56. The fourth-order valence-electron chi connectivity index (χ4n) is 1.63. The van der Waals surface area contributed by atoms with Crippen molar-refractivity contribution in [2.45, 2.75) is 31.5 Å². The van der Waals surface area contributed by atoms with Gasteiger partial charge in [-0.15, -0.1) is 0 Å². The van der Waals surface area contributed by atoms with Crippen LogP contribution in [0, 0.1) is 6.92 Å². The third kappa shape index (κ3) is 1.81. The molecule has 0 radical (unpaired) electrons. The largest absolute Gasteiger partial charge is 0.411 e. The molecular weight excluding hydrogens is 217 g/mol. The number of aryl methyl sites for hydroxylation is 1.